The number of nitrogens with one attached hydrogen (secondary N) is 1. The molecular formula is C21H21NO4. The first-order valence-corrected chi connectivity index (χ1v) is 8.95. The van der Waals surface area contributed by atoms with Crippen LogP contribution in [0.5, 0.6) is 5.75 Å². The molecular weight excluding hydrogens is 330 g/mol. The number of pyridine rings is 1. The molecule has 2 aromatic rings. The normalized spacial score (nSPS) is 19.5. The summed E-state index contributed by atoms with van der Waals surface area (Å²) in [5, 5.41) is 0. The van der Waals surface area contributed by atoms with Gasteiger partial charge in [-0.2, -0.15) is 0 Å². The predicted octanol–water partition coefficient (Wildman–Crippen LogP) is 2.60. The summed E-state index contributed by atoms with van der Waals surface area (Å²) in [4.78, 5) is 14.8. The van der Waals surface area contributed by atoms with E-state index in [1.165, 1.54) is 18.9 Å². The molecule has 26 heavy (non-hydrogen) atoms. The SMILES string of the molecule is O=c1cc(OC[C@H]2COCCO2)cc(-c2ccc(C#CC3CC3)cc2)[nH]1. The monoisotopic (exact) mass is 351 g/mol. The van der Waals surface area contributed by atoms with Crippen molar-refractivity contribution in [3.63, 3.8) is 0 Å². The fraction of sp³-hybridized carbons (Fsp3) is 0.381. The van der Waals surface area contributed by atoms with Gasteiger partial charge in [-0.25, -0.2) is 0 Å². The van der Waals surface area contributed by atoms with Gasteiger partial charge in [0, 0.05) is 23.6 Å². The van der Waals surface area contributed by atoms with Gasteiger partial charge >= 0.3 is 0 Å². The maximum atomic E-state index is 12.0. The Labute approximate surface area is 152 Å². The fourth-order valence-corrected chi connectivity index (χ4v) is 2.73. The van der Waals surface area contributed by atoms with Crippen LogP contribution in [0.15, 0.2) is 41.2 Å². The summed E-state index contributed by atoms with van der Waals surface area (Å²) < 4.78 is 16.6. The van der Waals surface area contributed by atoms with E-state index in [1.54, 1.807) is 0 Å². The van der Waals surface area contributed by atoms with Crippen molar-refractivity contribution < 1.29 is 14.2 Å². The van der Waals surface area contributed by atoms with Gasteiger partial charge in [0.05, 0.1) is 25.5 Å². The molecule has 0 spiro atoms. The number of rotatable bonds is 4. The first kappa shape index (κ1) is 16.9. The largest absolute Gasteiger partial charge is 0.491 e. The van der Waals surface area contributed by atoms with E-state index in [0.717, 1.165) is 16.8 Å². The average Bonchev–Trinajstić information content (AvgIpc) is 3.50. The lowest BCUT2D eigenvalue weighted by molar-refractivity contribution is -0.101. The molecule has 0 radical (unpaired) electrons. The Bertz CT molecular complexity index is 865. The van der Waals surface area contributed by atoms with Crippen LogP contribution in [0.2, 0.25) is 0 Å². The predicted molar refractivity (Wildman–Crippen MR) is 98.2 cm³/mol. The van der Waals surface area contributed by atoms with Gasteiger partial charge in [-0.15, -0.1) is 0 Å². The fourth-order valence-electron chi connectivity index (χ4n) is 2.73. The number of H-pyrrole nitrogens is 1. The molecule has 2 fully saturated rings. The number of hydrogen-bond acceptors (Lipinski definition) is 4. The van der Waals surface area contributed by atoms with Crippen molar-refractivity contribution >= 4 is 0 Å². The summed E-state index contributed by atoms with van der Waals surface area (Å²) in [6, 6.07) is 11.2. The standard InChI is InChI=1S/C21H21NO4/c23-21-12-18(26-14-19-13-24-9-10-25-19)11-20(22-21)17-7-5-16(6-8-17)4-3-15-1-2-15/h5-8,11-12,15,19H,1-2,9-10,13-14H2,(H,22,23)/t19-/m1/s1. The molecule has 2 heterocycles. The number of hydrogen-bond donors (Lipinski definition) is 1. The number of aromatic amines is 1. The van der Waals surface area contributed by atoms with E-state index in [4.69, 9.17) is 14.2 Å². The lowest BCUT2D eigenvalue weighted by Gasteiger charge is -2.22. The van der Waals surface area contributed by atoms with Crippen molar-refractivity contribution in [2.24, 2.45) is 5.92 Å². The van der Waals surface area contributed by atoms with E-state index in [0.29, 0.717) is 38.1 Å². The lowest BCUT2D eigenvalue weighted by atomic mass is 10.1. The van der Waals surface area contributed by atoms with Gasteiger partial charge in [0.25, 0.3) is 5.56 Å². The smallest absolute Gasteiger partial charge is 0.252 e. The van der Waals surface area contributed by atoms with Gasteiger partial charge in [0.1, 0.15) is 18.5 Å². The zero-order valence-corrected chi connectivity index (χ0v) is 14.5. The zero-order valence-electron chi connectivity index (χ0n) is 14.5. The molecule has 1 saturated heterocycles. The van der Waals surface area contributed by atoms with Gasteiger partial charge in [0.15, 0.2) is 0 Å². The molecule has 1 atom stereocenters. The van der Waals surface area contributed by atoms with Crippen LogP contribution in [-0.4, -0.2) is 37.5 Å². The highest BCUT2D eigenvalue weighted by molar-refractivity contribution is 5.61. The molecule has 1 aliphatic carbocycles. The Kier molecular flexibility index (Phi) is 5.05. The summed E-state index contributed by atoms with van der Waals surface area (Å²) in [7, 11) is 0. The van der Waals surface area contributed by atoms with Crippen LogP contribution in [-0.2, 0) is 9.47 Å². The number of ether oxygens (including phenoxy) is 3. The van der Waals surface area contributed by atoms with Crippen LogP contribution in [0.3, 0.4) is 0 Å². The quantitative estimate of drug-likeness (QED) is 0.860. The molecule has 1 aromatic carbocycles. The van der Waals surface area contributed by atoms with Crippen molar-refractivity contribution in [1.82, 2.24) is 4.98 Å². The van der Waals surface area contributed by atoms with E-state index < -0.39 is 0 Å². The topological polar surface area (TPSA) is 60.6 Å². The third-order valence-electron chi connectivity index (χ3n) is 4.33. The molecule has 0 unspecified atom stereocenters. The second kappa shape index (κ2) is 7.77. The molecule has 134 valence electrons. The summed E-state index contributed by atoms with van der Waals surface area (Å²) in [5.41, 5.74) is 2.43. The van der Waals surface area contributed by atoms with Gasteiger partial charge in [0.2, 0.25) is 0 Å². The molecule has 5 nitrogen and oxygen atoms in total. The Morgan fingerprint density at radius 3 is 2.73 bits per heavy atom. The van der Waals surface area contributed by atoms with Crippen molar-refractivity contribution in [3.8, 4) is 28.8 Å². The zero-order chi connectivity index (χ0) is 17.8. The number of aromatic nitrogens is 1. The molecule has 5 heteroatoms. The third-order valence-corrected chi connectivity index (χ3v) is 4.33. The average molecular weight is 351 g/mol. The Balaban J connectivity index is 1.46. The molecule has 1 N–H and O–H groups in total. The highest BCUT2D eigenvalue weighted by Crippen LogP contribution is 2.27. The van der Waals surface area contributed by atoms with E-state index in [1.807, 2.05) is 30.3 Å². The van der Waals surface area contributed by atoms with Crippen LogP contribution in [0.1, 0.15) is 18.4 Å². The van der Waals surface area contributed by atoms with E-state index in [-0.39, 0.29) is 11.7 Å². The Morgan fingerprint density at radius 1 is 1.15 bits per heavy atom. The minimum Gasteiger partial charge on any atom is -0.491 e. The van der Waals surface area contributed by atoms with Gasteiger partial charge in [-0.1, -0.05) is 24.0 Å². The first-order chi connectivity index (χ1) is 12.8. The van der Waals surface area contributed by atoms with Gasteiger partial charge in [-0.3, -0.25) is 4.79 Å². The first-order valence-electron chi connectivity index (χ1n) is 8.95. The molecule has 4 rings (SSSR count). The second-order valence-corrected chi connectivity index (χ2v) is 6.59. The minimum absolute atomic E-state index is 0.101. The maximum absolute atomic E-state index is 12.0. The maximum Gasteiger partial charge on any atom is 0.252 e. The highest BCUT2D eigenvalue weighted by Gasteiger charge is 2.17. The molecule has 1 saturated carbocycles. The van der Waals surface area contributed by atoms with Gasteiger partial charge < -0.3 is 19.2 Å². The minimum atomic E-state index is -0.198. The molecule has 1 aromatic heterocycles. The van der Waals surface area contributed by atoms with Crippen molar-refractivity contribution in [3.05, 3.63) is 52.3 Å². The summed E-state index contributed by atoms with van der Waals surface area (Å²) in [5.74, 6) is 7.55. The summed E-state index contributed by atoms with van der Waals surface area (Å²) in [6.07, 6.45) is 2.34. The summed E-state index contributed by atoms with van der Waals surface area (Å²) >= 11 is 0. The van der Waals surface area contributed by atoms with E-state index in [2.05, 4.69) is 16.8 Å². The Hall–Kier alpha value is -2.55. The van der Waals surface area contributed by atoms with Crippen molar-refractivity contribution in [1.29, 1.82) is 0 Å². The van der Waals surface area contributed by atoms with E-state index >= 15 is 0 Å². The molecule has 0 bridgehead atoms. The molecule has 0 amide bonds. The second-order valence-electron chi connectivity index (χ2n) is 6.59. The van der Waals surface area contributed by atoms with Crippen LogP contribution in [0.4, 0.5) is 0 Å². The lowest BCUT2D eigenvalue weighted by Crippen LogP contribution is -2.33. The van der Waals surface area contributed by atoms with E-state index in [9.17, 15) is 4.79 Å². The van der Waals surface area contributed by atoms with Crippen LogP contribution < -0.4 is 10.3 Å². The van der Waals surface area contributed by atoms with Crippen LogP contribution >= 0.6 is 0 Å². The van der Waals surface area contributed by atoms with Crippen LogP contribution in [0.25, 0.3) is 11.3 Å². The molecule has 1 aliphatic heterocycles. The van der Waals surface area contributed by atoms with Gasteiger partial charge in [-0.05, 0) is 30.5 Å². The highest BCUT2D eigenvalue weighted by atomic mass is 16.6. The number of benzene rings is 1. The van der Waals surface area contributed by atoms with Crippen LogP contribution in [0, 0.1) is 17.8 Å². The van der Waals surface area contributed by atoms with Crippen molar-refractivity contribution in [2.45, 2.75) is 18.9 Å². The molecule has 2 aliphatic rings. The third kappa shape index (κ3) is 4.54. The Morgan fingerprint density at radius 2 is 2.00 bits per heavy atom. The summed E-state index contributed by atoms with van der Waals surface area (Å²) in [6.45, 7) is 2.06. The van der Waals surface area contributed by atoms with Crippen molar-refractivity contribution in [2.75, 3.05) is 26.4 Å².